The molecule has 0 fully saturated rings. The summed E-state index contributed by atoms with van der Waals surface area (Å²) in [5.41, 5.74) is 0.127. The van der Waals surface area contributed by atoms with Gasteiger partial charge >= 0.3 is 6.29 Å². The first-order valence-electron chi connectivity index (χ1n) is 4.13. The average molecular weight is 251 g/mol. The Labute approximate surface area is 90.0 Å². The van der Waals surface area contributed by atoms with Crippen molar-refractivity contribution in [3.8, 4) is 11.5 Å². The average Bonchev–Trinajstić information content (AvgIpc) is 2.34. The van der Waals surface area contributed by atoms with Gasteiger partial charge in [0.05, 0.1) is 11.9 Å². The Morgan fingerprint density at radius 1 is 1.25 bits per heavy atom. The molecular weight excluding hydrogens is 244 g/mol. The van der Waals surface area contributed by atoms with Crippen molar-refractivity contribution in [2.24, 2.45) is 0 Å². The molecule has 0 atom stereocenters. The first-order chi connectivity index (χ1) is 7.25. The van der Waals surface area contributed by atoms with Crippen molar-refractivity contribution in [2.45, 2.75) is 6.29 Å². The monoisotopic (exact) mass is 251 g/mol. The highest BCUT2D eigenvalue weighted by Gasteiger charge is 2.43. The molecule has 88 valence electrons. The van der Waals surface area contributed by atoms with Crippen LogP contribution in [0.25, 0.3) is 0 Å². The van der Waals surface area contributed by atoms with Crippen molar-refractivity contribution >= 4 is 15.7 Å². The fourth-order valence-corrected chi connectivity index (χ4v) is 1.78. The van der Waals surface area contributed by atoms with E-state index in [1.54, 1.807) is 0 Å². The molecule has 1 aliphatic rings. The molecule has 1 heterocycles. The zero-order valence-electron chi connectivity index (χ0n) is 8.03. The molecule has 1 aromatic rings. The van der Waals surface area contributed by atoms with Crippen LogP contribution in [0.15, 0.2) is 18.2 Å². The number of anilines is 1. The van der Waals surface area contributed by atoms with Crippen molar-refractivity contribution in [2.75, 3.05) is 11.0 Å². The molecule has 0 amide bonds. The molecule has 1 N–H and O–H groups in total. The van der Waals surface area contributed by atoms with Crippen LogP contribution < -0.4 is 14.2 Å². The van der Waals surface area contributed by atoms with E-state index in [9.17, 15) is 17.2 Å². The molecule has 0 aliphatic carbocycles. The smallest absolute Gasteiger partial charge is 0.395 e. The summed E-state index contributed by atoms with van der Waals surface area (Å²) in [6.45, 7) is 0. The molecule has 0 spiro atoms. The lowest BCUT2D eigenvalue weighted by Gasteiger charge is -2.04. The maximum absolute atomic E-state index is 12.6. The topological polar surface area (TPSA) is 64.6 Å². The molecule has 0 unspecified atom stereocenters. The van der Waals surface area contributed by atoms with Gasteiger partial charge in [-0.3, -0.25) is 4.72 Å². The van der Waals surface area contributed by atoms with Crippen molar-refractivity contribution in [1.82, 2.24) is 0 Å². The van der Waals surface area contributed by atoms with Gasteiger partial charge in [0.25, 0.3) is 0 Å². The molecule has 1 aliphatic heterocycles. The summed E-state index contributed by atoms with van der Waals surface area (Å²) in [5, 5.41) is 0. The van der Waals surface area contributed by atoms with E-state index in [0.717, 1.165) is 12.3 Å². The molecule has 16 heavy (non-hydrogen) atoms. The second kappa shape index (κ2) is 3.21. The van der Waals surface area contributed by atoms with Crippen LogP contribution in [0, 0.1) is 0 Å². The van der Waals surface area contributed by atoms with Crippen LogP contribution in [0.5, 0.6) is 11.5 Å². The van der Waals surface area contributed by atoms with Crippen LogP contribution in [0.1, 0.15) is 0 Å². The van der Waals surface area contributed by atoms with E-state index in [1.165, 1.54) is 12.1 Å². The predicted molar refractivity (Wildman–Crippen MR) is 51.1 cm³/mol. The number of fused-ring (bicyclic) bond motifs is 1. The van der Waals surface area contributed by atoms with Crippen LogP contribution in [0.4, 0.5) is 14.5 Å². The van der Waals surface area contributed by atoms with Gasteiger partial charge in [-0.1, -0.05) is 0 Å². The van der Waals surface area contributed by atoms with Crippen molar-refractivity contribution in [1.29, 1.82) is 0 Å². The van der Waals surface area contributed by atoms with E-state index in [0.29, 0.717) is 0 Å². The Bertz CT molecular complexity index is 529. The third-order valence-corrected chi connectivity index (χ3v) is 2.31. The Hall–Kier alpha value is -1.57. The quantitative estimate of drug-likeness (QED) is 0.862. The standard InChI is InChI=1S/C8H7F2NO4S/c1-16(12,13)11-5-2-3-6-7(4-5)15-8(9,10)14-6/h2-4,11H,1H3. The number of nitrogens with one attached hydrogen (secondary N) is 1. The zero-order chi connectivity index (χ0) is 12.0. The van der Waals surface area contributed by atoms with Crippen molar-refractivity contribution in [3.05, 3.63) is 18.2 Å². The van der Waals surface area contributed by atoms with Crippen LogP contribution in [-0.2, 0) is 10.0 Å². The van der Waals surface area contributed by atoms with E-state index in [1.807, 2.05) is 0 Å². The lowest BCUT2D eigenvalue weighted by Crippen LogP contribution is -2.25. The first kappa shape index (κ1) is 10.9. The highest BCUT2D eigenvalue weighted by Crippen LogP contribution is 2.42. The highest BCUT2D eigenvalue weighted by atomic mass is 32.2. The zero-order valence-corrected chi connectivity index (χ0v) is 8.85. The van der Waals surface area contributed by atoms with Gasteiger partial charge in [-0.05, 0) is 12.1 Å². The molecule has 0 saturated heterocycles. The largest absolute Gasteiger partial charge is 0.586 e. The van der Waals surface area contributed by atoms with Gasteiger partial charge in [0.15, 0.2) is 11.5 Å². The van der Waals surface area contributed by atoms with Crippen LogP contribution in [-0.4, -0.2) is 21.0 Å². The lowest BCUT2D eigenvalue weighted by molar-refractivity contribution is -0.286. The summed E-state index contributed by atoms with van der Waals surface area (Å²) >= 11 is 0. The van der Waals surface area contributed by atoms with Crippen molar-refractivity contribution < 1.29 is 26.7 Å². The molecule has 5 nitrogen and oxygen atoms in total. The number of halogens is 2. The summed E-state index contributed by atoms with van der Waals surface area (Å²) in [6, 6.07) is 3.62. The van der Waals surface area contributed by atoms with Gasteiger partial charge in [0.1, 0.15) is 0 Å². The summed E-state index contributed by atoms with van der Waals surface area (Å²) in [7, 11) is -3.46. The minimum absolute atomic E-state index is 0.127. The summed E-state index contributed by atoms with van der Waals surface area (Å²) in [6.07, 6.45) is -2.75. The Morgan fingerprint density at radius 3 is 2.50 bits per heavy atom. The van der Waals surface area contributed by atoms with Crippen LogP contribution >= 0.6 is 0 Å². The molecular formula is C8H7F2NO4S. The Morgan fingerprint density at radius 2 is 1.88 bits per heavy atom. The van der Waals surface area contributed by atoms with Crippen LogP contribution in [0.3, 0.4) is 0 Å². The van der Waals surface area contributed by atoms with Gasteiger partial charge in [0, 0.05) is 6.07 Å². The SMILES string of the molecule is CS(=O)(=O)Nc1ccc2c(c1)OC(F)(F)O2. The van der Waals surface area contributed by atoms with E-state index in [2.05, 4.69) is 14.2 Å². The molecule has 0 bridgehead atoms. The molecule has 0 radical (unpaired) electrons. The molecule has 2 rings (SSSR count). The van der Waals surface area contributed by atoms with Gasteiger partial charge in [-0.25, -0.2) is 8.42 Å². The number of rotatable bonds is 2. The molecule has 8 heteroatoms. The maximum atomic E-state index is 12.6. The second-order valence-electron chi connectivity index (χ2n) is 3.20. The highest BCUT2D eigenvalue weighted by molar-refractivity contribution is 7.92. The molecule has 1 aromatic carbocycles. The Balaban J connectivity index is 2.30. The van der Waals surface area contributed by atoms with Gasteiger partial charge in [-0.2, -0.15) is 0 Å². The van der Waals surface area contributed by atoms with Gasteiger partial charge in [0.2, 0.25) is 10.0 Å². The first-order valence-corrected chi connectivity index (χ1v) is 6.02. The van der Waals surface area contributed by atoms with Gasteiger partial charge < -0.3 is 9.47 Å². The fourth-order valence-electron chi connectivity index (χ4n) is 1.23. The molecule has 0 aromatic heterocycles. The summed E-state index contributed by atoms with van der Waals surface area (Å²) < 4.78 is 57.5. The van der Waals surface area contributed by atoms with E-state index in [-0.39, 0.29) is 17.2 Å². The maximum Gasteiger partial charge on any atom is 0.586 e. The van der Waals surface area contributed by atoms with Crippen molar-refractivity contribution in [3.63, 3.8) is 0 Å². The van der Waals surface area contributed by atoms with E-state index in [4.69, 9.17) is 0 Å². The minimum Gasteiger partial charge on any atom is -0.395 e. The molecule has 0 saturated carbocycles. The number of hydrogen-bond donors (Lipinski definition) is 1. The summed E-state index contributed by atoms with van der Waals surface area (Å²) in [4.78, 5) is 0. The van der Waals surface area contributed by atoms with Crippen LogP contribution in [0.2, 0.25) is 0 Å². The van der Waals surface area contributed by atoms with E-state index >= 15 is 0 Å². The number of ether oxygens (including phenoxy) is 2. The number of benzene rings is 1. The third-order valence-electron chi connectivity index (χ3n) is 1.70. The second-order valence-corrected chi connectivity index (χ2v) is 4.95. The number of hydrogen-bond acceptors (Lipinski definition) is 4. The normalized spacial score (nSPS) is 17.2. The summed E-state index contributed by atoms with van der Waals surface area (Å²) in [5.74, 6) is -0.345. The number of alkyl halides is 2. The predicted octanol–water partition coefficient (Wildman–Crippen LogP) is 1.38. The lowest BCUT2D eigenvalue weighted by atomic mass is 10.3. The third kappa shape index (κ3) is 2.32. The number of sulfonamides is 1. The Kier molecular flexibility index (Phi) is 2.19. The minimum atomic E-state index is -3.70. The van der Waals surface area contributed by atoms with E-state index < -0.39 is 16.3 Å². The fraction of sp³-hybridized carbons (Fsp3) is 0.250. The van der Waals surface area contributed by atoms with Gasteiger partial charge in [-0.15, -0.1) is 8.78 Å².